The van der Waals surface area contributed by atoms with Gasteiger partial charge in [0, 0.05) is 5.54 Å². The number of amides is 1. The smallest absolute Gasteiger partial charge is 0.237 e. The van der Waals surface area contributed by atoms with E-state index in [4.69, 9.17) is 5.73 Å². The maximum Gasteiger partial charge on any atom is 0.237 e. The van der Waals surface area contributed by atoms with E-state index in [1.165, 1.54) is 19.3 Å². The quantitative estimate of drug-likeness (QED) is 0.749. The average Bonchev–Trinajstić information content (AvgIpc) is 2.16. The Balaban J connectivity index is 2.49. The molecule has 0 spiro atoms. The van der Waals surface area contributed by atoms with Crippen LogP contribution in [-0.4, -0.2) is 17.5 Å². The number of nitrogens with one attached hydrogen (secondary N) is 1. The summed E-state index contributed by atoms with van der Waals surface area (Å²) in [5.41, 5.74) is 5.81. The molecule has 1 aliphatic carbocycles. The largest absolute Gasteiger partial charge is 0.350 e. The lowest BCUT2D eigenvalue weighted by Gasteiger charge is -2.35. The van der Waals surface area contributed by atoms with Crippen LogP contribution in [0.3, 0.4) is 0 Å². The second-order valence-corrected chi connectivity index (χ2v) is 5.38. The topological polar surface area (TPSA) is 55.1 Å². The summed E-state index contributed by atoms with van der Waals surface area (Å²) in [6.45, 7) is 6.10. The Hall–Kier alpha value is -0.570. The van der Waals surface area contributed by atoms with Crippen LogP contribution in [0.15, 0.2) is 0 Å². The van der Waals surface area contributed by atoms with Gasteiger partial charge in [-0.25, -0.2) is 0 Å². The fourth-order valence-corrected chi connectivity index (χ4v) is 2.14. The lowest BCUT2D eigenvalue weighted by molar-refractivity contribution is -0.125. The monoisotopic (exact) mass is 212 g/mol. The van der Waals surface area contributed by atoms with Gasteiger partial charge in [0.1, 0.15) is 0 Å². The molecule has 88 valence electrons. The molecule has 0 aromatic heterocycles. The molecule has 1 fully saturated rings. The van der Waals surface area contributed by atoms with Gasteiger partial charge in [-0.05, 0) is 25.7 Å². The number of nitrogens with two attached hydrogens (primary N) is 1. The highest BCUT2D eigenvalue weighted by molar-refractivity contribution is 5.82. The lowest BCUT2D eigenvalue weighted by Crippen LogP contribution is -2.54. The molecule has 1 unspecified atom stereocenters. The third-order valence-corrected chi connectivity index (χ3v) is 3.40. The van der Waals surface area contributed by atoms with E-state index >= 15 is 0 Å². The van der Waals surface area contributed by atoms with Crippen molar-refractivity contribution in [2.24, 2.45) is 11.7 Å². The highest BCUT2D eigenvalue weighted by atomic mass is 16.2. The number of rotatable bonds is 3. The van der Waals surface area contributed by atoms with E-state index in [9.17, 15) is 4.79 Å². The van der Waals surface area contributed by atoms with Gasteiger partial charge in [-0.2, -0.15) is 0 Å². The molecule has 1 aliphatic rings. The van der Waals surface area contributed by atoms with Crippen LogP contribution in [-0.2, 0) is 4.79 Å². The number of hydrogen-bond acceptors (Lipinski definition) is 2. The average molecular weight is 212 g/mol. The van der Waals surface area contributed by atoms with E-state index in [1.807, 2.05) is 13.8 Å². The number of carbonyl (C=O) groups is 1. The molecule has 3 nitrogen and oxygen atoms in total. The predicted octanol–water partition coefficient (Wildman–Crippen LogP) is 1.81. The third kappa shape index (κ3) is 3.49. The minimum atomic E-state index is -0.372. The predicted molar refractivity (Wildman–Crippen MR) is 62.4 cm³/mol. The van der Waals surface area contributed by atoms with Gasteiger partial charge in [-0.15, -0.1) is 0 Å². The molecule has 0 heterocycles. The summed E-state index contributed by atoms with van der Waals surface area (Å²) in [6.07, 6.45) is 5.90. The Morgan fingerprint density at radius 2 is 1.80 bits per heavy atom. The first-order chi connectivity index (χ1) is 6.94. The van der Waals surface area contributed by atoms with Gasteiger partial charge in [-0.3, -0.25) is 4.79 Å². The maximum absolute atomic E-state index is 11.8. The molecule has 0 saturated heterocycles. The van der Waals surface area contributed by atoms with Crippen LogP contribution in [0.4, 0.5) is 0 Å². The van der Waals surface area contributed by atoms with Gasteiger partial charge < -0.3 is 11.1 Å². The van der Waals surface area contributed by atoms with E-state index in [0.29, 0.717) is 0 Å². The van der Waals surface area contributed by atoms with Crippen molar-refractivity contribution in [2.75, 3.05) is 0 Å². The van der Waals surface area contributed by atoms with Crippen molar-refractivity contribution in [3.63, 3.8) is 0 Å². The van der Waals surface area contributed by atoms with Crippen LogP contribution >= 0.6 is 0 Å². The summed E-state index contributed by atoms with van der Waals surface area (Å²) in [4.78, 5) is 11.8. The normalized spacial score (nSPS) is 22.5. The van der Waals surface area contributed by atoms with E-state index in [1.54, 1.807) is 0 Å². The zero-order valence-corrected chi connectivity index (χ0v) is 10.2. The van der Waals surface area contributed by atoms with E-state index < -0.39 is 0 Å². The van der Waals surface area contributed by atoms with E-state index in [-0.39, 0.29) is 23.4 Å². The van der Waals surface area contributed by atoms with Crippen LogP contribution in [0, 0.1) is 5.92 Å². The van der Waals surface area contributed by atoms with Crippen molar-refractivity contribution in [1.82, 2.24) is 5.32 Å². The first-order valence-electron chi connectivity index (χ1n) is 6.02. The van der Waals surface area contributed by atoms with Crippen LogP contribution in [0.1, 0.15) is 52.9 Å². The van der Waals surface area contributed by atoms with Crippen LogP contribution in [0.25, 0.3) is 0 Å². The molecular weight excluding hydrogens is 188 g/mol. The van der Waals surface area contributed by atoms with Gasteiger partial charge in [0.05, 0.1) is 6.04 Å². The van der Waals surface area contributed by atoms with Gasteiger partial charge in [0.2, 0.25) is 5.91 Å². The van der Waals surface area contributed by atoms with Crippen molar-refractivity contribution in [3.8, 4) is 0 Å². The van der Waals surface area contributed by atoms with Crippen LogP contribution in [0.2, 0.25) is 0 Å². The van der Waals surface area contributed by atoms with Crippen molar-refractivity contribution in [1.29, 1.82) is 0 Å². The minimum Gasteiger partial charge on any atom is -0.350 e. The molecule has 1 rings (SSSR count). The van der Waals surface area contributed by atoms with Crippen molar-refractivity contribution < 1.29 is 4.79 Å². The SMILES string of the molecule is CC(C)C(N)C(=O)NC1(C)CCCCC1. The summed E-state index contributed by atoms with van der Waals surface area (Å²) >= 11 is 0. The Morgan fingerprint density at radius 1 is 1.27 bits per heavy atom. The Morgan fingerprint density at radius 3 is 2.27 bits per heavy atom. The molecule has 0 radical (unpaired) electrons. The van der Waals surface area contributed by atoms with Gasteiger partial charge >= 0.3 is 0 Å². The molecule has 15 heavy (non-hydrogen) atoms. The Kier molecular flexibility index (Phi) is 4.14. The third-order valence-electron chi connectivity index (χ3n) is 3.40. The summed E-state index contributed by atoms with van der Waals surface area (Å²) in [5, 5.41) is 3.11. The summed E-state index contributed by atoms with van der Waals surface area (Å²) < 4.78 is 0. The first-order valence-corrected chi connectivity index (χ1v) is 6.02. The zero-order valence-electron chi connectivity index (χ0n) is 10.2. The number of carbonyl (C=O) groups excluding carboxylic acids is 1. The second-order valence-electron chi connectivity index (χ2n) is 5.38. The standard InChI is InChI=1S/C12H24N2O/c1-9(2)10(13)11(15)14-12(3)7-5-4-6-8-12/h9-10H,4-8,13H2,1-3H3,(H,14,15). The molecule has 3 heteroatoms. The van der Waals surface area contributed by atoms with Crippen molar-refractivity contribution >= 4 is 5.91 Å². The van der Waals surface area contributed by atoms with Crippen molar-refractivity contribution in [2.45, 2.75) is 64.5 Å². The Labute approximate surface area is 92.8 Å². The highest BCUT2D eigenvalue weighted by Gasteiger charge is 2.30. The van der Waals surface area contributed by atoms with Crippen LogP contribution < -0.4 is 11.1 Å². The van der Waals surface area contributed by atoms with Gasteiger partial charge in [-0.1, -0.05) is 33.1 Å². The van der Waals surface area contributed by atoms with E-state index in [2.05, 4.69) is 12.2 Å². The molecule has 3 N–H and O–H groups in total. The molecule has 1 saturated carbocycles. The summed E-state index contributed by atoms with van der Waals surface area (Å²) in [6, 6.07) is -0.372. The molecule has 1 amide bonds. The molecular formula is C12H24N2O. The molecule has 0 aromatic rings. The minimum absolute atomic E-state index is 0.00870. The second kappa shape index (κ2) is 4.97. The van der Waals surface area contributed by atoms with Crippen LogP contribution in [0.5, 0.6) is 0 Å². The molecule has 0 aromatic carbocycles. The zero-order chi connectivity index (χ0) is 11.5. The maximum atomic E-state index is 11.8. The summed E-state index contributed by atoms with van der Waals surface area (Å²) in [5.74, 6) is 0.214. The molecule has 0 bridgehead atoms. The van der Waals surface area contributed by atoms with Gasteiger partial charge in [0.15, 0.2) is 0 Å². The highest BCUT2D eigenvalue weighted by Crippen LogP contribution is 2.27. The number of hydrogen-bond donors (Lipinski definition) is 2. The van der Waals surface area contributed by atoms with Crippen molar-refractivity contribution in [3.05, 3.63) is 0 Å². The van der Waals surface area contributed by atoms with E-state index in [0.717, 1.165) is 12.8 Å². The summed E-state index contributed by atoms with van der Waals surface area (Å²) in [7, 11) is 0. The lowest BCUT2D eigenvalue weighted by atomic mass is 9.83. The van der Waals surface area contributed by atoms with Gasteiger partial charge in [0.25, 0.3) is 0 Å². The Bertz CT molecular complexity index is 220. The first kappa shape index (κ1) is 12.5. The fraction of sp³-hybridized carbons (Fsp3) is 0.917. The molecule has 0 aliphatic heterocycles. The fourth-order valence-electron chi connectivity index (χ4n) is 2.14. The molecule has 1 atom stereocenters.